The Morgan fingerprint density at radius 3 is 2.72 bits per heavy atom. The van der Waals surface area contributed by atoms with Crippen LogP contribution in [0.4, 0.5) is 0 Å². The molecule has 1 aliphatic rings. The second-order valence-corrected chi connectivity index (χ2v) is 6.03. The van der Waals surface area contributed by atoms with Crippen LogP contribution < -0.4 is 5.32 Å². The molecular weight excluding hydrogens is 242 g/mol. The van der Waals surface area contributed by atoms with Crippen molar-refractivity contribution in [1.29, 1.82) is 0 Å². The van der Waals surface area contributed by atoms with E-state index in [1.54, 1.807) is 0 Å². The summed E-state index contributed by atoms with van der Waals surface area (Å²) < 4.78 is 0. The summed E-state index contributed by atoms with van der Waals surface area (Å²) in [7, 11) is 2.07. The first kappa shape index (κ1) is 13.9. The number of nitrogens with one attached hydrogen (secondary N) is 1. The van der Waals surface area contributed by atoms with E-state index in [0.717, 1.165) is 22.4 Å². The molecular formula is C16H24ClN. The Kier molecular flexibility index (Phi) is 4.69. The van der Waals surface area contributed by atoms with Crippen molar-refractivity contribution in [3.63, 3.8) is 0 Å². The van der Waals surface area contributed by atoms with Gasteiger partial charge in [0.25, 0.3) is 0 Å². The summed E-state index contributed by atoms with van der Waals surface area (Å²) in [5, 5.41) is 4.38. The molecule has 0 bridgehead atoms. The molecule has 18 heavy (non-hydrogen) atoms. The molecule has 0 saturated heterocycles. The lowest BCUT2D eigenvalue weighted by molar-refractivity contribution is 0.372. The molecule has 1 aliphatic carbocycles. The van der Waals surface area contributed by atoms with E-state index in [1.807, 2.05) is 0 Å². The highest BCUT2D eigenvalue weighted by molar-refractivity contribution is 6.31. The predicted molar refractivity (Wildman–Crippen MR) is 79.1 cm³/mol. The van der Waals surface area contributed by atoms with Crippen LogP contribution in [0.25, 0.3) is 0 Å². The lowest BCUT2D eigenvalue weighted by Gasteiger charge is -2.24. The van der Waals surface area contributed by atoms with E-state index < -0.39 is 0 Å². The molecule has 3 atom stereocenters. The molecule has 0 spiro atoms. The average Bonchev–Trinajstić information content (AvgIpc) is 2.83. The first-order chi connectivity index (χ1) is 8.65. The third kappa shape index (κ3) is 2.89. The van der Waals surface area contributed by atoms with Crippen molar-refractivity contribution in [3.8, 4) is 0 Å². The molecule has 0 radical (unpaired) electrons. The fourth-order valence-corrected chi connectivity index (χ4v) is 3.45. The first-order valence-corrected chi connectivity index (χ1v) is 7.46. The second-order valence-electron chi connectivity index (χ2n) is 5.62. The smallest absolute Gasteiger partial charge is 0.0438 e. The summed E-state index contributed by atoms with van der Waals surface area (Å²) in [5.74, 6) is 1.69. The minimum atomic E-state index is 0.458. The Labute approximate surface area is 116 Å². The van der Waals surface area contributed by atoms with Gasteiger partial charge in [-0.3, -0.25) is 0 Å². The van der Waals surface area contributed by atoms with E-state index in [4.69, 9.17) is 11.6 Å². The van der Waals surface area contributed by atoms with Crippen LogP contribution in [0.15, 0.2) is 18.2 Å². The zero-order valence-corrected chi connectivity index (χ0v) is 12.4. The molecule has 1 N–H and O–H groups in total. The lowest BCUT2D eigenvalue weighted by atomic mass is 9.90. The van der Waals surface area contributed by atoms with Crippen LogP contribution in [0.1, 0.15) is 49.8 Å². The van der Waals surface area contributed by atoms with Gasteiger partial charge in [0, 0.05) is 11.1 Å². The van der Waals surface area contributed by atoms with Gasteiger partial charge in [0.15, 0.2) is 0 Å². The van der Waals surface area contributed by atoms with Crippen molar-refractivity contribution < 1.29 is 0 Å². The topological polar surface area (TPSA) is 12.0 Å². The molecule has 1 saturated carbocycles. The van der Waals surface area contributed by atoms with Crippen molar-refractivity contribution >= 4 is 11.6 Å². The van der Waals surface area contributed by atoms with E-state index in [1.165, 1.54) is 31.2 Å². The van der Waals surface area contributed by atoms with Crippen LogP contribution in [0.2, 0.25) is 5.02 Å². The minimum Gasteiger partial charge on any atom is -0.313 e. The number of halogens is 1. The van der Waals surface area contributed by atoms with Crippen molar-refractivity contribution in [2.24, 2.45) is 11.8 Å². The molecule has 1 aromatic carbocycles. The van der Waals surface area contributed by atoms with E-state index in [0.29, 0.717) is 6.04 Å². The Morgan fingerprint density at radius 1 is 1.39 bits per heavy atom. The zero-order valence-electron chi connectivity index (χ0n) is 11.7. The maximum Gasteiger partial charge on any atom is 0.0438 e. The molecule has 0 amide bonds. The molecule has 2 heteroatoms. The summed E-state index contributed by atoms with van der Waals surface area (Å²) in [6.07, 6.45) is 5.41. The van der Waals surface area contributed by atoms with Crippen LogP contribution >= 0.6 is 11.6 Å². The SMILES string of the molecule is CCC1CCC(C(NC)c2ccc(C)c(Cl)c2)C1. The van der Waals surface area contributed by atoms with Crippen LogP contribution in [0.3, 0.4) is 0 Å². The number of aryl methyl sites for hydroxylation is 1. The highest BCUT2D eigenvalue weighted by Gasteiger charge is 2.30. The quantitative estimate of drug-likeness (QED) is 0.830. The number of benzene rings is 1. The van der Waals surface area contributed by atoms with Gasteiger partial charge in [-0.05, 0) is 55.8 Å². The first-order valence-electron chi connectivity index (χ1n) is 7.09. The van der Waals surface area contributed by atoms with Crippen LogP contribution in [-0.2, 0) is 0 Å². The largest absolute Gasteiger partial charge is 0.313 e. The molecule has 0 heterocycles. The molecule has 1 nitrogen and oxygen atoms in total. The average molecular weight is 266 g/mol. The highest BCUT2D eigenvalue weighted by atomic mass is 35.5. The fourth-order valence-electron chi connectivity index (χ4n) is 3.26. The summed E-state index contributed by atoms with van der Waals surface area (Å²) in [6, 6.07) is 6.95. The van der Waals surface area contributed by atoms with Crippen molar-refractivity contribution in [3.05, 3.63) is 34.3 Å². The Morgan fingerprint density at radius 2 is 2.17 bits per heavy atom. The number of rotatable bonds is 4. The van der Waals surface area contributed by atoms with Gasteiger partial charge >= 0.3 is 0 Å². The molecule has 100 valence electrons. The van der Waals surface area contributed by atoms with Gasteiger partial charge in [0.2, 0.25) is 0 Å². The summed E-state index contributed by atoms with van der Waals surface area (Å²) in [6.45, 7) is 4.37. The van der Waals surface area contributed by atoms with Crippen molar-refractivity contribution in [2.45, 2.75) is 45.6 Å². The Balaban J connectivity index is 2.15. The van der Waals surface area contributed by atoms with Crippen LogP contribution in [-0.4, -0.2) is 7.05 Å². The molecule has 0 aliphatic heterocycles. The highest BCUT2D eigenvalue weighted by Crippen LogP contribution is 2.40. The Hall–Kier alpha value is -0.530. The van der Waals surface area contributed by atoms with Gasteiger partial charge in [-0.1, -0.05) is 43.5 Å². The third-order valence-electron chi connectivity index (χ3n) is 4.50. The number of hydrogen-bond acceptors (Lipinski definition) is 1. The summed E-state index contributed by atoms with van der Waals surface area (Å²) >= 11 is 6.25. The lowest BCUT2D eigenvalue weighted by Crippen LogP contribution is -2.23. The standard InChI is InChI=1S/C16H24ClN/c1-4-12-6-8-13(9-12)16(18-3)14-7-5-11(2)15(17)10-14/h5,7,10,12-13,16,18H,4,6,8-9H2,1-3H3. The predicted octanol–water partition coefficient (Wildman–Crippen LogP) is 4.74. The molecule has 3 unspecified atom stereocenters. The van der Waals surface area contributed by atoms with Crippen LogP contribution in [0, 0.1) is 18.8 Å². The van der Waals surface area contributed by atoms with E-state index in [9.17, 15) is 0 Å². The van der Waals surface area contributed by atoms with E-state index in [-0.39, 0.29) is 0 Å². The van der Waals surface area contributed by atoms with Crippen LogP contribution in [0.5, 0.6) is 0 Å². The molecule has 0 aromatic heterocycles. The molecule has 1 aromatic rings. The maximum absolute atomic E-state index is 6.25. The summed E-state index contributed by atoms with van der Waals surface area (Å²) in [5.41, 5.74) is 2.50. The third-order valence-corrected chi connectivity index (χ3v) is 4.90. The Bertz CT molecular complexity index is 402. The summed E-state index contributed by atoms with van der Waals surface area (Å²) in [4.78, 5) is 0. The minimum absolute atomic E-state index is 0.458. The van der Waals surface area contributed by atoms with E-state index >= 15 is 0 Å². The van der Waals surface area contributed by atoms with Crippen molar-refractivity contribution in [2.75, 3.05) is 7.05 Å². The second kappa shape index (κ2) is 6.08. The van der Waals surface area contributed by atoms with Gasteiger partial charge in [0.1, 0.15) is 0 Å². The monoisotopic (exact) mass is 265 g/mol. The van der Waals surface area contributed by atoms with E-state index in [2.05, 4.69) is 44.4 Å². The van der Waals surface area contributed by atoms with Gasteiger partial charge < -0.3 is 5.32 Å². The van der Waals surface area contributed by atoms with Gasteiger partial charge in [-0.25, -0.2) is 0 Å². The number of hydrogen-bond donors (Lipinski definition) is 1. The normalized spacial score (nSPS) is 25.3. The van der Waals surface area contributed by atoms with Gasteiger partial charge in [-0.2, -0.15) is 0 Å². The van der Waals surface area contributed by atoms with Gasteiger partial charge in [0.05, 0.1) is 0 Å². The maximum atomic E-state index is 6.25. The zero-order chi connectivity index (χ0) is 13.1. The fraction of sp³-hybridized carbons (Fsp3) is 0.625. The van der Waals surface area contributed by atoms with Crippen molar-refractivity contribution in [1.82, 2.24) is 5.32 Å². The molecule has 2 rings (SSSR count). The van der Waals surface area contributed by atoms with Gasteiger partial charge in [-0.15, -0.1) is 0 Å². The molecule has 1 fully saturated rings.